The van der Waals surface area contributed by atoms with E-state index in [9.17, 15) is 14.7 Å². The Balaban J connectivity index is 1.80. The van der Waals surface area contributed by atoms with Crippen molar-refractivity contribution >= 4 is 28.8 Å². The molecular formula is C31H39NO4. The van der Waals surface area contributed by atoms with Crippen molar-refractivity contribution in [3.63, 3.8) is 0 Å². The number of carbonyl (C=O) groups excluding carboxylic acids is 1. The largest absolute Gasteiger partial charge is 0.478 e. The van der Waals surface area contributed by atoms with E-state index in [0.29, 0.717) is 34.3 Å². The molecule has 5 nitrogen and oxygen atoms in total. The fourth-order valence-corrected chi connectivity index (χ4v) is 4.33. The van der Waals surface area contributed by atoms with Gasteiger partial charge in [0.2, 0.25) is 0 Å². The van der Waals surface area contributed by atoms with Crippen molar-refractivity contribution in [3.05, 3.63) is 76.6 Å². The monoisotopic (exact) mass is 489 g/mol. The second-order valence-electron chi connectivity index (χ2n) is 9.38. The third kappa shape index (κ3) is 7.17. The molecule has 0 aliphatic heterocycles. The molecule has 0 aliphatic carbocycles. The maximum Gasteiger partial charge on any atom is 0.335 e. The number of benzene rings is 2. The van der Waals surface area contributed by atoms with E-state index in [2.05, 4.69) is 37.8 Å². The molecular weight excluding hydrogens is 450 g/mol. The van der Waals surface area contributed by atoms with Gasteiger partial charge >= 0.3 is 5.97 Å². The highest BCUT2D eigenvalue weighted by atomic mass is 16.4. The Morgan fingerprint density at radius 2 is 1.53 bits per heavy atom. The molecule has 0 spiro atoms. The molecule has 36 heavy (non-hydrogen) atoms. The summed E-state index contributed by atoms with van der Waals surface area (Å²) in [5, 5.41) is 10.00. The van der Waals surface area contributed by atoms with Gasteiger partial charge in [0.25, 0.3) is 0 Å². The Morgan fingerprint density at radius 1 is 0.889 bits per heavy atom. The number of rotatable bonds is 15. The summed E-state index contributed by atoms with van der Waals surface area (Å²) in [6, 6.07) is 12.3. The summed E-state index contributed by atoms with van der Waals surface area (Å²) in [4.78, 5) is 27.6. The number of carboxylic acid groups (broad SMARTS) is 1. The molecule has 0 atom stereocenters. The van der Waals surface area contributed by atoms with Crippen LogP contribution in [0.2, 0.25) is 0 Å². The average Bonchev–Trinajstić information content (AvgIpc) is 3.26. The molecule has 0 amide bonds. The van der Waals surface area contributed by atoms with Gasteiger partial charge in [-0.2, -0.15) is 0 Å². The number of carboxylic acids is 1. The Bertz CT molecular complexity index is 1170. The van der Waals surface area contributed by atoms with Gasteiger partial charge in [-0.05, 0) is 56.1 Å². The van der Waals surface area contributed by atoms with Crippen molar-refractivity contribution in [1.82, 2.24) is 4.90 Å². The Kier molecular flexibility index (Phi) is 10.5. The number of aromatic carboxylic acids is 1. The molecule has 0 radical (unpaired) electrons. The minimum absolute atomic E-state index is 0.136. The number of hydrogen-bond donors (Lipinski definition) is 1. The van der Waals surface area contributed by atoms with E-state index in [1.807, 2.05) is 24.3 Å². The van der Waals surface area contributed by atoms with Crippen molar-refractivity contribution < 1.29 is 19.1 Å². The SMILES string of the molecule is CCCCc1oc2ccc(C(=O)O)cc2c1C(=O)c1ccc(/C=C\CN(CCCC)CCCC)cc1. The lowest BCUT2D eigenvalue weighted by Gasteiger charge is -2.19. The highest BCUT2D eigenvalue weighted by Gasteiger charge is 2.22. The molecule has 3 rings (SSSR count). The zero-order valence-corrected chi connectivity index (χ0v) is 21.9. The summed E-state index contributed by atoms with van der Waals surface area (Å²) in [5.74, 6) is -0.531. The molecule has 0 unspecified atom stereocenters. The molecule has 0 saturated carbocycles. The van der Waals surface area contributed by atoms with E-state index in [4.69, 9.17) is 4.42 Å². The zero-order valence-electron chi connectivity index (χ0n) is 21.9. The third-order valence-electron chi connectivity index (χ3n) is 6.49. The van der Waals surface area contributed by atoms with Gasteiger partial charge in [-0.1, -0.05) is 76.5 Å². The van der Waals surface area contributed by atoms with Crippen LogP contribution in [-0.4, -0.2) is 41.4 Å². The summed E-state index contributed by atoms with van der Waals surface area (Å²) < 4.78 is 6.00. The van der Waals surface area contributed by atoms with Crippen LogP contribution in [0.1, 0.15) is 96.9 Å². The quantitative estimate of drug-likeness (QED) is 0.222. The number of aryl methyl sites for hydroxylation is 1. The second kappa shape index (κ2) is 13.8. The first-order chi connectivity index (χ1) is 17.5. The van der Waals surface area contributed by atoms with Gasteiger partial charge in [0.15, 0.2) is 5.78 Å². The number of hydrogen-bond acceptors (Lipinski definition) is 4. The lowest BCUT2D eigenvalue weighted by molar-refractivity contribution is 0.0696. The van der Waals surface area contributed by atoms with Crippen molar-refractivity contribution in [2.45, 2.75) is 65.7 Å². The van der Waals surface area contributed by atoms with Crippen LogP contribution in [0.4, 0.5) is 0 Å². The Labute approximate surface area is 214 Å². The van der Waals surface area contributed by atoms with Crippen molar-refractivity contribution in [3.8, 4) is 0 Å². The predicted molar refractivity (Wildman–Crippen MR) is 147 cm³/mol. The molecule has 1 heterocycles. The molecule has 0 aliphatic rings. The molecule has 192 valence electrons. The standard InChI is InChI=1S/C31H39NO4/c1-4-7-12-28-29(26-22-25(31(34)35)17-18-27(26)36-28)30(33)24-15-13-23(14-16-24)11-10-21-32(19-8-5-2)20-9-6-3/h10-11,13-18,22H,4-9,12,19-21H2,1-3H3,(H,34,35)/b11-10-. The van der Waals surface area contributed by atoms with Gasteiger partial charge in [-0.15, -0.1) is 0 Å². The predicted octanol–water partition coefficient (Wildman–Crippen LogP) is 7.62. The van der Waals surface area contributed by atoms with E-state index in [1.54, 1.807) is 12.1 Å². The van der Waals surface area contributed by atoms with E-state index in [-0.39, 0.29) is 11.3 Å². The summed E-state index contributed by atoms with van der Waals surface area (Å²) in [5.41, 5.74) is 2.79. The van der Waals surface area contributed by atoms with Crippen LogP contribution in [0.15, 0.2) is 53.0 Å². The molecule has 3 aromatic rings. The highest BCUT2D eigenvalue weighted by molar-refractivity contribution is 6.17. The van der Waals surface area contributed by atoms with E-state index >= 15 is 0 Å². The first-order valence-electron chi connectivity index (χ1n) is 13.3. The first-order valence-corrected chi connectivity index (χ1v) is 13.3. The molecule has 2 aromatic carbocycles. The zero-order chi connectivity index (χ0) is 25.9. The summed E-state index contributed by atoms with van der Waals surface area (Å²) in [7, 11) is 0. The third-order valence-corrected chi connectivity index (χ3v) is 6.49. The van der Waals surface area contributed by atoms with Gasteiger partial charge < -0.3 is 9.52 Å². The van der Waals surface area contributed by atoms with E-state index in [1.165, 1.54) is 31.7 Å². The van der Waals surface area contributed by atoms with E-state index in [0.717, 1.165) is 38.0 Å². The lowest BCUT2D eigenvalue weighted by Crippen LogP contribution is -2.26. The molecule has 0 saturated heterocycles. The van der Waals surface area contributed by atoms with Gasteiger partial charge in [0, 0.05) is 23.9 Å². The summed E-state index contributed by atoms with van der Waals surface area (Å²) in [6.45, 7) is 9.70. The van der Waals surface area contributed by atoms with E-state index < -0.39 is 5.97 Å². The molecule has 5 heteroatoms. The van der Waals surface area contributed by atoms with Crippen LogP contribution in [0, 0.1) is 0 Å². The lowest BCUT2D eigenvalue weighted by atomic mass is 9.97. The van der Waals surface area contributed by atoms with Crippen molar-refractivity contribution in [2.24, 2.45) is 0 Å². The molecule has 0 bridgehead atoms. The van der Waals surface area contributed by atoms with Crippen LogP contribution < -0.4 is 0 Å². The van der Waals surface area contributed by atoms with Gasteiger partial charge in [-0.3, -0.25) is 9.69 Å². The van der Waals surface area contributed by atoms with Crippen LogP contribution in [0.5, 0.6) is 0 Å². The fraction of sp³-hybridized carbons (Fsp3) is 0.419. The Hall–Kier alpha value is -3.18. The minimum Gasteiger partial charge on any atom is -0.478 e. The normalized spacial score (nSPS) is 11.7. The number of ketones is 1. The number of furan rings is 1. The smallest absolute Gasteiger partial charge is 0.335 e. The van der Waals surface area contributed by atoms with Crippen molar-refractivity contribution in [2.75, 3.05) is 19.6 Å². The first kappa shape index (κ1) is 27.4. The molecule has 1 aromatic heterocycles. The fourth-order valence-electron chi connectivity index (χ4n) is 4.33. The number of carbonyl (C=O) groups is 2. The Morgan fingerprint density at radius 3 is 2.14 bits per heavy atom. The van der Waals surface area contributed by atoms with Crippen LogP contribution in [0.25, 0.3) is 17.0 Å². The van der Waals surface area contributed by atoms with Crippen LogP contribution in [-0.2, 0) is 6.42 Å². The van der Waals surface area contributed by atoms with Crippen LogP contribution >= 0.6 is 0 Å². The van der Waals surface area contributed by atoms with Gasteiger partial charge in [0.05, 0.1) is 11.1 Å². The van der Waals surface area contributed by atoms with Crippen LogP contribution in [0.3, 0.4) is 0 Å². The number of nitrogens with zero attached hydrogens (tertiary/aromatic N) is 1. The topological polar surface area (TPSA) is 70.7 Å². The second-order valence-corrected chi connectivity index (χ2v) is 9.38. The average molecular weight is 490 g/mol. The van der Waals surface area contributed by atoms with Gasteiger partial charge in [-0.25, -0.2) is 4.79 Å². The number of unbranched alkanes of at least 4 members (excludes halogenated alkanes) is 3. The molecule has 0 fully saturated rings. The highest BCUT2D eigenvalue weighted by Crippen LogP contribution is 2.30. The minimum atomic E-state index is -1.02. The maximum atomic E-state index is 13.6. The number of fused-ring (bicyclic) bond motifs is 1. The summed E-state index contributed by atoms with van der Waals surface area (Å²) in [6.07, 6.45) is 11.6. The summed E-state index contributed by atoms with van der Waals surface area (Å²) >= 11 is 0. The van der Waals surface area contributed by atoms with Crippen molar-refractivity contribution in [1.29, 1.82) is 0 Å². The maximum absolute atomic E-state index is 13.6. The van der Waals surface area contributed by atoms with Gasteiger partial charge in [0.1, 0.15) is 11.3 Å². The molecule has 1 N–H and O–H groups in total.